The van der Waals surface area contributed by atoms with Crippen LogP contribution in [0.3, 0.4) is 0 Å². The number of nitrogens with one attached hydrogen (secondary N) is 1. The molecule has 0 radical (unpaired) electrons. The quantitative estimate of drug-likeness (QED) is 0.733. The van der Waals surface area contributed by atoms with Gasteiger partial charge < -0.3 is 15.8 Å². The molecule has 0 aromatic heterocycles. The molecule has 0 bridgehead atoms. The van der Waals surface area contributed by atoms with Crippen molar-refractivity contribution in [3.63, 3.8) is 0 Å². The van der Waals surface area contributed by atoms with Gasteiger partial charge in [0.05, 0.1) is 5.54 Å². The molecule has 3 fully saturated rings. The predicted octanol–water partition coefficient (Wildman–Crippen LogP) is 1.93. The Labute approximate surface area is 102 Å². The van der Waals surface area contributed by atoms with Crippen molar-refractivity contribution in [1.82, 2.24) is 5.32 Å². The number of nitrogens with two attached hydrogens (primary N) is 1. The molecule has 1 amide bonds. The van der Waals surface area contributed by atoms with Gasteiger partial charge in [0, 0.05) is 11.0 Å². The van der Waals surface area contributed by atoms with E-state index in [9.17, 15) is 4.79 Å². The van der Waals surface area contributed by atoms with Crippen molar-refractivity contribution in [2.75, 3.05) is 0 Å². The van der Waals surface area contributed by atoms with Crippen molar-refractivity contribution in [3.05, 3.63) is 0 Å². The lowest BCUT2D eigenvalue weighted by molar-refractivity contribution is 0.0184. The first kappa shape index (κ1) is 11.3. The van der Waals surface area contributed by atoms with Gasteiger partial charge in [-0.05, 0) is 52.9 Å². The Kier molecular flexibility index (Phi) is 1.86. The second-order valence-corrected chi connectivity index (χ2v) is 7.12. The Hall–Kier alpha value is -0.770. The van der Waals surface area contributed by atoms with E-state index in [1.165, 1.54) is 6.42 Å². The first-order valence-corrected chi connectivity index (χ1v) is 6.52. The van der Waals surface area contributed by atoms with Crippen LogP contribution in [-0.4, -0.2) is 22.8 Å². The van der Waals surface area contributed by atoms with Gasteiger partial charge in [-0.3, -0.25) is 0 Å². The molecule has 3 aliphatic rings. The number of hydrogen-bond donors (Lipinski definition) is 2. The lowest BCUT2D eigenvalue weighted by atomic mass is 9.64. The van der Waals surface area contributed by atoms with Gasteiger partial charge >= 0.3 is 6.09 Å². The third-order valence-electron chi connectivity index (χ3n) is 5.08. The minimum atomic E-state index is -0.431. The van der Waals surface area contributed by atoms with Crippen molar-refractivity contribution in [3.8, 4) is 0 Å². The van der Waals surface area contributed by atoms with E-state index in [4.69, 9.17) is 10.5 Å². The summed E-state index contributed by atoms with van der Waals surface area (Å²) in [4.78, 5) is 11.9. The second-order valence-electron chi connectivity index (χ2n) is 7.12. The molecule has 0 heterocycles. The lowest BCUT2D eigenvalue weighted by Gasteiger charge is -2.49. The van der Waals surface area contributed by atoms with Gasteiger partial charge in [-0.25, -0.2) is 4.79 Å². The summed E-state index contributed by atoms with van der Waals surface area (Å²) in [5.74, 6) is 0. The zero-order valence-electron chi connectivity index (χ0n) is 10.9. The third-order valence-corrected chi connectivity index (χ3v) is 5.08. The summed E-state index contributed by atoms with van der Waals surface area (Å²) in [7, 11) is 0. The van der Waals surface area contributed by atoms with E-state index >= 15 is 0 Å². The second kappa shape index (κ2) is 2.79. The number of ether oxygens (including phenoxy) is 1. The average Bonchev–Trinajstić information content (AvgIpc) is 2.74. The maximum atomic E-state index is 11.9. The van der Waals surface area contributed by atoms with E-state index in [0.717, 1.165) is 25.7 Å². The largest absolute Gasteiger partial charge is 0.444 e. The van der Waals surface area contributed by atoms with Crippen LogP contribution in [-0.2, 0) is 4.74 Å². The molecule has 3 saturated carbocycles. The highest BCUT2D eigenvalue weighted by molar-refractivity contribution is 5.70. The number of carbonyl (C=O) groups is 1. The Morgan fingerprint density at radius 2 is 1.88 bits per heavy atom. The first-order valence-electron chi connectivity index (χ1n) is 6.52. The maximum absolute atomic E-state index is 11.9. The monoisotopic (exact) mass is 238 g/mol. The molecule has 1 spiro atoms. The summed E-state index contributed by atoms with van der Waals surface area (Å²) in [5, 5.41) is 3.11. The molecule has 0 aliphatic heterocycles. The van der Waals surface area contributed by atoms with Crippen LogP contribution in [0.2, 0.25) is 0 Å². The van der Waals surface area contributed by atoms with Gasteiger partial charge in [-0.15, -0.1) is 0 Å². The van der Waals surface area contributed by atoms with E-state index in [-0.39, 0.29) is 22.6 Å². The molecular weight excluding hydrogens is 216 g/mol. The van der Waals surface area contributed by atoms with E-state index < -0.39 is 5.60 Å². The fourth-order valence-electron chi connectivity index (χ4n) is 4.08. The first-order chi connectivity index (χ1) is 7.72. The van der Waals surface area contributed by atoms with Crippen LogP contribution < -0.4 is 11.1 Å². The molecule has 4 heteroatoms. The van der Waals surface area contributed by atoms with Crippen LogP contribution in [0.4, 0.5) is 4.79 Å². The van der Waals surface area contributed by atoms with Crippen LogP contribution in [0.15, 0.2) is 0 Å². The summed E-state index contributed by atoms with van der Waals surface area (Å²) in [6.45, 7) is 5.67. The van der Waals surface area contributed by atoms with Crippen LogP contribution in [0.5, 0.6) is 0 Å². The van der Waals surface area contributed by atoms with Gasteiger partial charge in [0.1, 0.15) is 5.60 Å². The Balaban J connectivity index is 1.69. The summed E-state index contributed by atoms with van der Waals surface area (Å²) in [5.41, 5.74) is 6.06. The van der Waals surface area contributed by atoms with Crippen LogP contribution in [0.25, 0.3) is 0 Å². The van der Waals surface area contributed by atoms with Gasteiger partial charge in [-0.2, -0.15) is 0 Å². The normalized spacial score (nSPS) is 46.6. The van der Waals surface area contributed by atoms with Gasteiger partial charge in [0.15, 0.2) is 0 Å². The van der Waals surface area contributed by atoms with Gasteiger partial charge in [-0.1, -0.05) is 0 Å². The van der Waals surface area contributed by atoms with Crippen LogP contribution in [0, 0.1) is 5.41 Å². The number of alkyl carbamates (subject to hydrolysis) is 1. The molecular formula is C13H22N2O2. The van der Waals surface area contributed by atoms with Crippen LogP contribution >= 0.6 is 0 Å². The van der Waals surface area contributed by atoms with E-state index in [1.54, 1.807) is 0 Å². The summed E-state index contributed by atoms with van der Waals surface area (Å²) >= 11 is 0. The zero-order chi connectivity index (χ0) is 12.5. The fraction of sp³-hybridized carbons (Fsp3) is 0.923. The summed E-state index contributed by atoms with van der Waals surface area (Å²) in [6, 6.07) is 0. The minimum absolute atomic E-state index is 0.0141. The highest BCUT2D eigenvalue weighted by Crippen LogP contribution is 2.78. The maximum Gasteiger partial charge on any atom is 0.408 e. The topological polar surface area (TPSA) is 64.3 Å². The number of amides is 1. The summed E-state index contributed by atoms with van der Waals surface area (Å²) < 4.78 is 5.35. The molecule has 4 nitrogen and oxygen atoms in total. The molecule has 0 aromatic carbocycles. The van der Waals surface area contributed by atoms with Gasteiger partial charge in [0.2, 0.25) is 0 Å². The highest BCUT2D eigenvalue weighted by Gasteiger charge is 2.82. The number of rotatable bonds is 1. The Morgan fingerprint density at radius 3 is 2.29 bits per heavy atom. The summed E-state index contributed by atoms with van der Waals surface area (Å²) in [6.07, 6.45) is 5.08. The molecule has 3 aliphatic carbocycles. The fourth-order valence-corrected chi connectivity index (χ4v) is 4.08. The van der Waals surface area contributed by atoms with Gasteiger partial charge in [0.25, 0.3) is 0 Å². The molecule has 96 valence electrons. The van der Waals surface area contributed by atoms with Crippen LogP contribution in [0.1, 0.15) is 52.9 Å². The molecule has 0 aromatic rings. The van der Waals surface area contributed by atoms with E-state index in [2.05, 4.69) is 5.32 Å². The van der Waals surface area contributed by atoms with E-state index in [0.29, 0.717) is 0 Å². The minimum Gasteiger partial charge on any atom is -0.444 e. The standard InChI is InChI=1S/C13H22N2O2/c1-10(2,3)17-9(16)15-13-6-4-11(13)8-12(11,14)5-7-13/h4-8,14H2,1-3H3,(H,15,16). The molecule has 3 rings (SSSR count). The highest BCUT2D eigenvalue weighted by atomic mass is 16.6. The molecule has 17 heavy (non-hydrogen) atoms. The molecule has 3 atom stereocenters. The third kappa shape index (κ3) is 1.30. The molecule has 0 saturated heterocycles. The molecule has 3 N–H and O–H groups in total. The van der Waals surface area contributed by atoms with Crippen molar-refractivity contribution >= 4 is 6.09 Å². The van der Waals surface area contributed by atoms with Crippen molar-refractivity contribution in [1.29, 1.82) is 0 Å². The van der Waals surface area contributed by atoms with Crippen molar-refractivity contribution in [2.24, 2.45) is 11.1 Å². The van der Waals surface area contributed by atoms with E-state index in [1.807, 2.05) is 20.8 Å². The Morgan fingerprint density at radius 1 is 1.24 bits per heavy atom. The predicted molar refractivity (Wildman–Crippen MR) is 64.5 cm³/mol. The zero-order valence-corrected chi connectivity index (χ0v) is 10.9. The SMILES string of the molecule is CC(C)(C)OC(=O)NC12CCC3(N)CC31CC2. The molecule has 3 unspecified atom stereocenters. The lowest BCUT2D eigenvalue weighted by Crippen LogP contribution is -2.61. The van der Waals surface area contributed by atoms with Crippen molar-refractivity contribution < 1.29 is 9.53 Å². The smallest absolute Gasteiger partial charge is 0.408 e. The number of hydrogen-bond acceptors (Lipinski definition) is 3. The Bertz CT molecular complexity index is 385. The average molecular weight is 238 g/mol. The van der Waals surface area contributed by atoms with Crippen molar-refractivity contribution in [2.45, 2.75) is 69.6 Å². The number of carbonyl (C=O) groups excluding carboxylic acids is 1.